The maximum atomic E-state index is 10.9. The fourth-order valence-corrected chi connectivity index (χ4v) is 4.50. The zero-order valence-corrected chi connectivity index (χ0v) is 18.2. The first-order valence-electron chi connectivity index (χ1n) is 10.0. The van der Waals surface area contributed by atoms with Crippen LogP contribution in [0.4, 0.5) is 5.82 Å². The molecule has 12 nitrogen and oxygen atoms in total. The number of rotatable bonds is 7. The summed E-state index contributed by atoms with van der Waals surface area (Å²) in [6.07, 6.45) is 1.47. The van der Waals surface area contributed by atoms with E-state index in [1.807, 2.05) is 0 Å². The summed E-state index contributed by atoms with van der Waals surface area (Å²) in [5.74, 6) is 0.544. The Morgan fingerprint density at radius 3 is 2.68 bits per heavy atom. The maximum absolute atomic E-state index is 10.9. The smallest absolute Gasteiger partial charge is 0.350 e. The molecule has 0 bridgehead atoms. The highest BCUT2D eigenvalue weighted by Crippen LogP contribution is 2.36. The second kappa shape index (κ2) is 9.24. The Hall–Kier alpha value is -1.37. The van der Waals surface area contributed by atoms with Gasteiger partial charge in [0.1, 0.15) is 30.5 Å². The maximum Gasteiger partial charge on any atom is 0.350 e. The summed E-state index contributed by atoms with van der Waals surface area (Å²) in [5.41, 5.74) is 0.325. The SMILES string of the molecule is O=P(O)(O)COC[C@H]1O[C@@H](n2ncc3c(NC4CCCCC4)nc(Cl)nc32)[C@H](O)[C@@H]1O. The normalized spacial score (nSPS) is 27.8. The molecule has 0 radical (unpaired) electrons. The van der Waals surface area contributed by atoms with Gasteiger partial charge in [0.05, 0.1) is 18.2 Å². The summed E-state index contributed by atoms with van der Waals surface area (Å²) in [4.78, 5) is 26.3. The van der Waals surface area contributed by atoms with Crippen LogP contribution in [-0.2, 0) is 14.0 Å². The van der Waals surface area contributed by atoms with Gasteiger partial charge in [0.15, 0.2) is 11.9 Å². The molecule has 3 heterocycles. The Morgan fingerprint density at radius 2 is 1.97 bits per heavy atom. The van der Waals surface area contributed by atoms with Gasteiger partial charge in [0.2, 0.25) is 5.28 Å². The zero-order valence-electron chi connectivity index (χ0n) is 16.5. The molecular weight excluding hydrogens is 453 g/mol. The number of aliphatic hydroxyl groups is 2. The number of hydrogen-bond donors (Lipinski definition) is 5. The predicted octanol–water partition coefficient (Wildman–Crippen LogP) is 0.995. The number of fused-ring (bicyclic) bond motifs is 1. The molecule has 2 fully saturated rings. The number of hydrogen-bond acceptors (Lipinski definition) is 9. The minimum Gasteiger partial charge on any atom is -0.387 e. The summed E-state index contributed by atoms with van der Waals surface area (Å²) in [7, 11) is -4.36. The van der Waals surface area contributed by atoms with Crippen LogP contribution in [0, 0.1) is 0 Å². The van der Waals surface area contributed by atoms with E-state index in [1.54, 1.807) is 0 Å². The van der Waals surface area contributed by atoms with Gasteiger partial charge in [-0.1, -0.05) is 19.3 Å². The second-order valence-electron chi connectivity index (χ2n) is 7.86. The first-order valence-corrected chi connectivity index (χ1v) is 12.2. The molecule has 1 aliphatic carbocycles. The van der Waals surface area contributed by atoms with E-state index in [9.17, 15) is 14.8 Å². The molecule has 2 aromatic heterocycles. The van der Waals surface area contributed by atoms with Crippen LogP contribution >= 0.6 is 19.2 Å². The van der Waals surface area contributed by atoms with Crippen molar-refractivity contribution in [3.8, 4) is 0 Å². The Balaban J connectivity index is 1.54. The molecule has 31 heavy (non-hydrogen) atoms. The van der Waals surface area contributed by atoms with E-state index in [0.29, 0.717) is 16.9 Å². The van der Waals surface area contributed by atoms with Crippen LogP contribution in [0.3, 0.4) is 0 Å². The second-order valence-corrected chi connectivity index (χ2v) is 9.78. The van der Waals surface area contributed by atoms with Gasteiger partial charge < -0.3 is 34.8 Å². The third-order valence-electron chi connectivity index (χ3n) is 5.49. The molecule has 1 saturated carbocycles. The van der Waals surface area contributed by atoms with Crippen molar-refractivity contribution >= 4 is 36.0 Å². The van der Waals surface area contributed by atoms with E-state index < -0.39 is 38.5 Å². The van der Waals surface area contributed by atoms with Crippen molar-refractivity contribution in [1.82, 2.24) is 19.7 Å². The van der Waals surface area contributed by atoms with E-state index in [4.69, 9.17) is 30.9 Å². The van der Waals surface area contributed by atoms with E-state index in [-0.39, 0.29) is 17.9 Å². The van der Waals surface area contributed by atoms with Gasteiger partial charge in [0, 0.05) is 6.04 Å². The number of ether oxygens (including phenoxy) is 2. The zero-order chi connectivity index (χ0) is 22.2. The average molecular weight is 478 g/mol. The number of halogens is 1. The molecule has 0 unspecified atom stereocenters. The fraction of sp³-hybridized carbons (Fsp3) is 0.706. The first kappa shape index (κ1) is 22.8. The Labute approximate surface area is 182 Å². The molecule has 14 heteroatoms. The van der Waals surface area contributed by atoms with Crippen LogP contribution in [0.15, 0.2) is 6.20 Å². The molecule has 0 spiro atoms. The van der Waals surface area contributed by atoms with E-state index >= 15 is 0 Å². The van der Waals surface area contributed by atoms with Gasteiger partial charge in [0.25, 0.3) is 0 Å². The lowest BCUT2D eigenvalue weighted by molar-refractivity contribution is -0.0658. The minimum absolute atomic E-state index is 0.00196. The van der Waals surface area contributed by atoms with Gasteiger partial charge in [-0.25, -0.2) is 4.68 Å². The predicted molar refractivity (Wildman–Crippen MR) is 110 cm³/mol. The van der Waals surface area contributed by atoms with Crippen LogP contribution in [0.2, 0.25) is 5.28 Å². The number of aliphatic hydroxyl groups excluding tert-OH is 2. The molecule has 2 aromatic rings. The summed E-state index contributed by atoms with van der Waals surface area (Å²) >= 11 is 6.13. The van der Waals surface area contributed by atoms with E-state index in [2.05, 4.69) is 20.4 Å². The standard InChI is InChI=1S/C17H25ClN5O7P/c18-17-21-14(20-9-4-2-1-3-5-9)10-6-19-23(15(10)22-17)16-13(25)12(24)11(30-16)7-29-8-31(26,27)28/h6,9,11-13,16,24-25H,1-5,7-8H2,(H,20,21,22)(H2,26,27,28)/t11-,12-,13-,16-/m1/s1. The van der Waals surface area contributed by atoms with E-state index in [1.165, 1.54) is 17.3 Å². The average Bonchev–Trinajstić information content (AvgIpc) is 3.24. The topological polar surface area (TPSA) is 172 Å². The third-order valence-corrected chi connectivity index (χ3v) is 6.18. The van der Waals surface area contributed by atoms with Crippen molar-refractivity contribution in [3.63, 3.8) is 0 Å². The van der Waals surface area contributed by atoms with Gasteiger partial charge >= 0.3 is 7.60 Å². The Bertz CT molecular complexity index is 966. The minimum atomic E-state index is -4.36. The third kappa shape index (κ3) is 5.18. The lowest BCUT2D eigenvalue weighted by atomic mass is 9.95. The van der Waals surface area contributed by atoms with Crippen molar-refractivity contribution < 1.29 is 34.0 Å². The highest BCUT2D eigenvalue weighted by atomic mass is 35.5. The van der Waals surface area contributed by atoms with Crippen LogP contribution in [0.1, 0.15) is 38.3 Å². The summed E-state index contributed by atoms with van der Waals surface area (Å²) < 4.78 is 22.8. The number of nitrogens with zero attached hydrogens (tertiary/aromatic N) is 4. The van der Waals surface area contributed by atoms with Crippen LogP contribution in [0.25, 0.3) is 11.0 Å². The van der Waals surface area contributed by atoms with Gasteiger partial charge in [-0.05, 0) is 24.4 Å². The monoisotopic (exact) mass is 477 g/mol. The van der Waals surface area contributed by atoms with Crippen molar-refractivity contribution in [2.45, 2.75) is 62.7 Å². The van der Waals surface area contributed by atoms with Crippen molar-refractivity contribution in [2.24, 2.45) is 0 Å². The van der Waals surface area contributed by atoms with Crippen molar-refractivity contribution in [3.05, 3.63) is 11.5 Å². The van der Waals surface area contributed by atoms with Crippen molar-refractivity contribution in [1.29, 1.82) is 0 Å². The highest BCUT2D eigenvalue weighted by molar-refractivity contribution is 7.51. The van der Waals surface area contributed by atoms with Crippen LogP contribution in [0.5, 0.6) is 0 Å². The molecule has 2 aliphatic rings. The molecular formula is C17H25ClN5O7P. The quantitative estimate of drug-likeness (QED) is 0.284. The molecule has 172 valence electrons. The number of aromatic nitrogens is 4. The van der Waals surface area contributed by atoms with Gasteiger partial charge in [-0.15, -0.1) is 0 Å². The van der Waals surface area contributed by atoms with Crippen molar-refractivity contribution in [2.75, 3.05) is 18.3 Å². The van der Waals surface area contributed by atoms with Crippen LogP contribution < -0.4 is 5.32 Å². The molecule has 0 amide bonds. The largest absolute Gasteiger partial charge is 0.387 e. The Morgan fingerprint density at radius 1 is 1.23 bits per heavy atom. The van der Waals surface area contributed by atoms with E-state index in [0.717, 1.165) is 25.7 Å². The highest BCUT2D eigenvalue weighted by Gasteiger charge is 2.45. The molecule has 4 atom stereocenters. The summed E-state index contributed by atoms with van der Waals surface area (Å²) in [5, 5.41) is 29.0. The van der Waals surface area contributed by atoms with Crippen LogP contribution in [-0.4, -0.2) is 77.1 Å². The Kier molecular flexibility index (Phi) is 6.80. The van der Waals surface area contributed by atoms with Gasteiger partial charge in [-0.3, -0.25) is 4.57 Å². The molecule has 5 N–H and O–H groups in total. The fourth-order valence-electron chi connectivity index (χ4n) is 3.99. The number of nitrogens with one attached hydrogen (secondary N) is 1. The van der Waals surface area contributed by atoms with Gasteiger partial charge in [-0.2, -0.15) is 15.1 Å². The lowest BCUT2D eigenvalue weighted by Gasteiger charge is -2.23. The molecule has 1 aliphatic heterocycles. The first-order chi connectivity index (χ1) is 14.7. The molecule has 1 saturated heterocycles. The summed E-state index contributed by atoms with van der Waals surface area (Å²) in [6.45, 7) is -0.316. The number of anilines is 1. The molecule has 0 aromatic carbocycles. The summed E-state index contributed by atoms with van der Waals surface area (Å²) in [6, 6.07) is 0.275. The lowest BCUT2D eigenvalue weighted by Crippen LogP contribution is -2.34. The molecule has 4 rings (SSSR count).